The van der Waals surface area contributed by atoms with Crippen molar-refractivity contribution < 1.29 is 14.5 Å². The standard InChI is InChI=1S/C16H14N4O4/c1-9-7-11(8-14-15(21)18-16(22)17-14)10(2)19(9)12-3-5-13(6-4-12)20(23)24/h3-8H,1-2H3,(H2,17,18,21,22)/b14-8+. The number of rotatable bonds is 3. The summed E-state index contributed by atoms with van der Waals surface area (Å²) in [4.78, 5) is 33.1. The number of aryl methyl sites for hydroxylation is 1. The molecule has 1 saturated heterocycles. The molecule has 3 amide bonds. The van der Waals surface area contributed by atoms with E-state index in [1.807, 2.05) is 24.5 Å². The number of nitro groups is 1. The van der Waals surface area contributed by atoms with Gasteiger partial charge in [-0.05, 0) is 43.7 Å². The van der Waals surface area contributed by atoms with Crippen LogP contribution in [0.1, 0.15) is 17.0 Å². The Labute approximate surface area is 136 Å². The third-order valence-electron chi connectivity index (χ3n) is 3.81. The van der Waals surface area contributed by atoms with E-state index in [0.29, 0.717) is 0 Å². The molecule has 0 radical (unpaired) electrons. The molecule has 1 aliphatic heterocycles. The normalized spacial score (nSPS) is 15.5. The van der Waals surface area contributed by atoms with Crippen LogP contribution in [0, 0.1) is 24.0 Å². The zero-order chi connectivity index (χ0) is 17.4. The SMILES string of the molecule is Cc1cc(/C=C2/NC(=O)NC2=O)c(C)n1-c1ccc([N+](=O)[O-])cc1. The van der Waals surface area contributed by atoms with Crippen LogP contribution in [0.2, 0.25) is 0 Å². The van der Waals surface area contributed by atoms with Crippen LogP contribution in [-0.4, -0.2) is 21.4 Å². The smallest absolute Gasteiger partial charge is 0.318 e. The number of nitrogens with zero attached hydrogens (tertiary/aromatic N) is 2. The number of imide groups is 1. The highest BCUT2D eigenvalue weighted by atomic mass is 16.6. The van der Waals surface area contributed by atoms with E-state index in [1.165, 1.54) is 12.1 Å². The fourth-order valence-electron chi connectivity index (χ4n) is 2.69. The number of hydrogen-bond acceptors (Lipinski definition) is 4. The molecular formula is C16H14N4O4. The Morgan fingerprint density at radius 2 is 1.79 bits per heavy atom. The van der Waals surface area contributed by atoms with Crippen molar-refractivity contribution >= 4 is 23.7 Å². The van der Waals surface area contributed by atoms with Gasteiger partial charge >= 0.3 is 6.03 Å². The molecule has 122 valence electrons. The predicted molar refractivity (Wildman–Crippen MR) is 86.5 cm³/mol. The van der Waals surface area contributed by atoms with Crippen LogP contribution < -0.4 is 10.6 Å². The van der Waals surface area contributed by atoms with E-state index in [-0.39, 0.29) is 11.4 Å². The molecule has 3 rings (SSSR count). The fraction of sp³-hybridized carbons (Fsp3) is 0.125. The maximum atomic E-state index is 11.6. The summed E-state index contributed by atoms with van der Waals surface area (Å²) in [5.74, 6) is -0.472. The minimum absolute atomic E-state index is 0.0221. The van der Waals surface area contributed by atoms with Crippen molar-refractivity contribution in [1.82, 2.24) is 15.2 Å². The number of carbonyl (C=O) groups is 2. The van der Waals surface area contributed by atoms with Gasteiger partial charge in [-0.1, -0.05) is 0 Å². The number of carbonyl (C=O) groups excluding carboxylic acids is 2. The Morgan fingerprint density at radius 3 is 2.33 bits per heavy atom. The molecule has 2 heterocycles. The summed E-state index contributed by atoms with van der Waals surface area (Å²) >= 11 is 0. The van der Waals surface area contributed by atoms with Gasteiger partial charge in [-0.15, -0.1) is 0 Å². The second-order valence-corrected chi connectivity index (χ2v) is 5.40. The number of non-ortho nitro benzene ring substituents is 1. The molecule has 0 spiro atoms. The second-order valence-electron chi connectivity index (χ2n) is 5.40. The maximum absolute atomic E-state index is 11.6. The lowest BCUT2D eigenvalue weighted by molar-refractivity contribution is -0.384. The molecule has 2 N–H and O–H groups in total. The summed E-state index contributed by atoms with van der Waals surface area (Å²) in [5.41, 5.74) is 3.51. The van der Waals surface area contributed by atoms with Gasteiger partial charge in [0, 0.05) is 29.2 Å². The van der Waals surface area contributed by atoms with Crippen molar-refractivity contribution in [2.24, 2.45) is 0 Å². The molecule has 8 heteroatoms. The maximum Gasteiger partial charge on any atom is 0.326 e. The second kappa shape index (κ2) is 5.65. The monoisotopic (exact) mass is 326 g/mol. The van der Waals surface area contributed by atoms with Crippen LogP contribution in [-0.2, 0) is 4.79 Å². The van der Waals surface area contributed by atoms with E-state index in [1.54, 1.807) is 18.2 Å². The lowest BCUT2D eigenvalue weighted by Gasteiger charge is -2.09. The van der Waals surface area contributed by atoms with E-state index < -0.39 is 16.9 Å². The van der Waals surface area contributed by atoms with Gasteiger partial charge in [0.2, 0.25) is 0 Å². The minimum atomic E-state index is -0.546. The first-order valence-corrected chi connectivity index (χ1v) is 7.14. The summed E-state index contributed by atoms with van der Waals surface area (Å²) in [6.07, 6.45) is 1.60. The van der Waals surface area contributed by atoms with E-state index in [0.717, 1.165) is 22.6 Å². The van der Waals surface area contributed by atoms with Gasteiger partial charge in [0.1, 0.15) is 5.70 Å². The molecule has 0 atom stereocenters. The summed E-state index contributed by atoms with van der Waals surface area (Å²) < 4.78 is 1.92. The van der Waals surface area contributed by atoms with Gasteiger partial charge < -0.3 is 9.88 Å². The van der Waals surface area contributed by atoms with Crippen molar-refractivity contribution in [3.8, 4) is 5.69 Å². The number of aromatic nitrogens is 1. The summed E-state index contributed by atoms with van der Waals surface area (Å²) in [7, 11) is 0. The third-order valence-corrected chi connectivity index (χ3v) is 3.81. The van der Waals surface area contributed by atoms with E-state index in [9.17, 15) is 19.7 Å². The zero-order valence-electron chi connectivity index (χ0n) is 13.0. The van der Waals surface area contributed by atoms with Crippen LogP contribution in [0.4, 0.5) is 10.5 Å². The van der Waals surface area contributed by atoms with Crippen molar-refractivity contribution in [2.45, 2.75) is 13.8 Å². The van der Waals surface area contributed by atoms with Crippen LogP contribution >= 0.6 is 0 Å². The minimum Gasteiger partial charge on any atom is -0.318 e. The van der Waals surface area contributed by atoms with Gasteiger partial charge in [-0.3, -0.25) is 20.2 Å². The largest absolute Gasteiger partial charge is 0.326 e. The van der Waals surface area contributed by atoms with E-state index in [4.69, 9.17) is 0 Å². The molecule has 1 aromatic carbocycles. The average molecular weight is 326 g/mol. The number of benzene rings is 1. The van der Waals surface area contributed by atoms with Crippen molar-refractivity contribution in [2.75, 3.05) is 0 Å². The highest BCUT2D eigenvalue weighted by molar-refractivity contribution is 6.14. The molecule has 0 bridgehead atoms. The molecule has 2 aromatic rings. The number of nitro benzene ring substituents is 1. The van der Waals surface area contributed by atoms with E-state index >= 15 is 0 Å². The highest BCUT2D eigenvalue weighted by Crippen LogP contribution is 2.24. The fourth-order valence-corrected chi connectivity index (χ4v) is 2.69. The number of nitrogens with one attached hydrogen (secondary N) is 2. The molecule has 8 nitrogen and oxygen atoms in total. The van der Waals surface area contributed by atoms with Crippen molar-refractivity contribution in [3.05, 3.63) is 63.1 Å². The summed E-state index contributed by atoms with van der Waals surface area (Å²) in [6, 6.07) is 7.55. The average Bonchev–Trinajstić information content (AvgIpc) is 2.98. The first kappa shape index (κ1) is 15.5. The molecule has 0 saturated carbocycles. The molecule has 1 aromatic heterocycles. The lowest BCUT2D eigenvalue weighted by atomic mass is 10.2. The molecule has 24 heavy (non-hydrogen) atoms. The first-order chi connectivity index (χ1) is 11.4. The Hall–Kier alpha value is -3.42. The lowest BCUT2D eigenvalue weighted by Crippen LogP contribution is -2.22. The number of amides is 3. The van der Waals surface area contributed by atoms with Gasteiger partial charge in [0.05, 0.1) is 4.92 Å². The Bertz CT molecular complexity index is 894. The Morgan fingerprint density at radius 1 is 1.12 bits per heavy atom. The first-order valence-electron chi connectivity index (χ1n) is 7.14. The third kappa shape index (κ3) is 2.65. The van der Waals surface area contributed by atoms with Gasteiger partial charge in [0.25, 0.3) is 11.6 Å². The summed E-state index contributed by atoms with van der Waals surface area (Å²) in [5, 5.41) is 15.3. The molecular weight excluding hydrogens is 312 g/mol. The molecule has 0 aliphatic carbocycles. The summed E-state index contributed by atoms with van der Waals surface area (Å²) in [6.45, 7) is 3.76. The molecule has 1 fully saturated rings. The van der Waals surface area contributed by atoms with Gasteiger partial charge in [-0.25, -0.2) is 4.79 Å². The predicted octanol–water partition coefficient (Wildman–Crippen LogP) is 2.18. The van der Waals surface area contributed by atoms with Gasteiger partial charge in [-0.2, -0.15) is 0 Å². The molecule has 0 unspecified atom stereocenters. The highest BCUT2D eigenvalue weighted by Gasteiger charge is 2.23. The van der Waals surface area contributed by atoms with Crippen LogP contribution in [0.25, 0.3) is 11.8 Å². The zero-order valence-corrected chi connectivity index (χ0v) is 13.0. The van der Waals surface area contributed by atoms with Crippen LogP contribution in [0.15, 0.2) is 36.0 Å². The number of hydrogen-bond donors (Lipinski definition) is 2. The number of urea groups is 1. The van der Waals surface area contributed by atoms with Crippen molar-refractivity contribution in [3.63, 3.8) is 0 Å². The quantitative estimate of drug-likeness (QED) is 0.390. The van der Waals surface area contributed by atoms with Crippen LogP contribution in [0.3, 0.4) is 0 Å². The van der Waals surface area contributed by atoms with Crippen LogP contribution in [0.5, 0.6) is 0 Å². The van der Waals surface area contributed by atoms with E-state index in [2.05, 4.69) is 10.6 Å². The topological polar surface area (TPSA) is 106 Å². The Kier molecular flexibility index (Phi) is 3.64. The Balaban J connectivity index is 2.01. The van der Waals surface area contributed by atoms with Crippen molar-refractivity contribution in [1.29, 1.82) is 0 Å². The molecule has 1 aliphatic rings. The van der Waals surface area contributed by atoms with Gasteiger partial charge in [0.15, 0.2) is 0 Å².